The molecule has 2 heterocycles. The van der Waals surface area contributed by atoms with Gasteiger partial charge in [-0.05, 0) is 41.8 Å². The van der Waals surface area contributed by atoms with Gasteiger partial charge in [0.05, 0.1) is 11.1 Å². The van der Waals surface area contributed by atoms with Gasteiger partial charge in [-0.25, -0.2) is 4.39 Å². The van der Waals surface area contributed by atoms with Crippen molar-refractivity contribution in [3.05, 3.63) is 142 Å². The molecule has 0 saturated heterocycles. The molecular formula is C37H35FN6O4. The predicted octanol–water partition coefficient (Wildman–Crippen LogP) is 5.26. The molecule has 10 nitrogen and oxygen atoms in total. The third-order valence-corrected chi connectivity index (χ3v) is 8.06. The van der Waals surface area contributed by atoms with Gasteiger partial charge in [0.2, 0.25) is 5.43 Å². The number of anilines is 1. The maximum Gasteiger partial charge on any atom is 0.257 e. The molecule has 0 radical (unpaired) electrons. The van der Waals surface area contributed by atoms with Gasteiger partial charge in [-0.15, -0.1) is 0 Å². The van der Waals surface area contributed by atoms with E-state index in [0.717, 1.165) is 17.2 Å². The van der Waals surface area contributed by atoms with Crippen molar-refractivity contribution in [1.29, 1.82) is 0 Å². The second kappa shape index (κ2) is 14.1. The van der Waals surface area contributed by atoms with Gasteiger partial charge in [-0.3, -0.25) is 14.4 Å². The molecule has 0 atom stereocenters. The number of nitrogens with zero attached hydrogens (tertiary/aromatic N) is 2. The van der Waals surface area contributed by atoms with Crippen LogP contribution in [0.25, 0.3) is 16.6 Å². The minimum absolute atomic E-state index is 0.0106. The molecule has 6 rings (SSSR count). The van der Waals surface area contributed by atoms with Crippen molar-refractivity contribution in [2.75, 3.05) is 25.5 Å². The molecule has 5 aromatic rings. The fourth-order valence-electron chi connectivity index (χ4n) is 5.60. The molecule has 244 valence electrons. The van der Waals surface area contributed by atoms with Crippen molar-refractivity contribution in [3.8, 4) is 17.2 Å². The van der Waals surface area contributed by atoms with Crippen LogP contribution in [0.1, 0.15) is 38.3 Å². The fraction of sp³-hybridized carbons (Fsp3) is 0.162. The molecule has 4 aromatic carbocycles. The van der Waals surface area contributed by atoms with Crippen molar-refractivity contribution in [3.63, 3.8) is 0 Å². The first-order chi connectivity index (χ1) is 23.3. The Morgan fingerprint density at radius 1 is 0.938 bits per heavy atom. The predicted molar refractivity (Wildman–Crippen MR) is 184 cm³/mol. The van der Waals surface area contributed by atoms with E-state index < -0.39 is 17.2 Å². The topological polar surface area (TPSA) is 131 Å². The second-order valence-electron chi connectivity index (χ2n) is 11.4. The number of pyridine rings is 1. The van der Waals surface area contributed by atoms with Gasteiger partial charge >= 0.3 is 0 Å². The summed E-state index contributed by atoms with van der Waals surface area (Å²) in [5.74, 6) is -1.28. The first-order valence-electron chi connectivity index (χ1n) is 15.5. The SMILES string of the molecule is CN(/C=C\N)CCCNc1c(F)cc2c(=O)c(C(=O)NCc3ccccc3)cn3c2c1Oc1cc(C(=O)NCc2ccccc2)ccc1-3. The summed E-state index contributed by atoms with van der Waals surface area (Å²) >= 11 is 0. The number of nitrogens with one attached hydrogen (secondary N) is 3. The lowest BCUT2D eigenvalue weighted by molar-refractivity contribution is 0.0942. The van der Waals surface area contributed by atoms with Crippen LogP contribution in [0.15, 0.2) is 108 Å². The van der Waals surface area contributed by atoms with E-state index in [2.05, 4.69) is 16.0 Å². The summed E-state index contributed by atoms with van der Waals surface area (Å²) in [6.07, 6.45) is 5.27. The van der Waals surface area contributed by atoms with Gasteiger partial charge in [0.25, 0.3) is 11.8 Å². The third-order valence-electron chi connectivity index (χ3n) is 8.06. The lowest BCUT2D eigenvalue weighted by Crippen LogP contribution is -2.30. The van der Waals surface area contributed by atoms with Crippen LogP contribution in [0.3, 0.4) is 0 Å². The highest BCUT2D eigenvalue weighted by atomic mass is 19.1. The van der Waals surface area contributed by atoms with Crippen molar-refractivity contribution in [2.45, 2.75) is 19.5 Å². The monoisotopic (exact) mass is 646 g/mol. The number of aromatic nitrogens is 1. The molecule has 48 heavy (non-hydrogen) atoms. The summed E-state index contributed by atoms with van der Waals surface area (Å²) in [5.41, 5.74) is 7.68. The molecule has 11 heteroatoms. The van der Waals surface area contributed by atoms with E-state index in [0.29, 0.717) is 42.8 Å². The Morgan fingerprint density at radius 2 is 1.60 bits per heavy atom. The number of hydrogen-bond acceptors (Lipinski definition) is 7. The van der Waals surface area contributed by atoms with Gasteiger partial charge in [-0.2, -0.15) is 0 Å². The maximum atomic E-state index is 15.9. The van der Waals surface area contributed by atoms with Crippen LogP contribution in [-0.4, -0.2) is 41.4 Å². The van der Waals surface area contributed by atoms with Crippen LogP contribution >= 0.6 is 0 Å². The molecule has 2 amide bonds. The molecule has 0 unspecified atom stereocenters. The Hall–Kier alpha value is -6.10. The highest BCUT2D eigenvalue weighted by molar-refractivity contribution is 6.01. The van der Waals surface area contributed by atoms with E-state index in [1.54, 1.807) is 29.0 Å². The number of nitrogens with two attached hydrogens (primary N) is 1. The van der Waals surface area contributed by atoms with Gasteiger partial charge in [0.1, 0.15) is 16.8 Å². The molecule has 1 aliphatic rings. The summed E-state index contributed by atoms with van der Waals surface area (Å²) in [6.45, 7) is 1.58. The molecule has 0 fully saturated rings. The van der Waals surface area contributed by atoms with Crippen LogP contribution in [0.5, 0.6) is 11.5 Å². The summed E-state index contributed by atoms with van der Waals surface area (Å²) in [4.78, 5) is 42.2. The molecule has 0 bridgehead atoms. The Labute approximate surface area is 276 Å². The number of carbonyl (C=O) groups excluding carboxylic acids is 2. The maximum absolute atomic E-state index is 15.9. The molecule has 1 aliphatic heterocycles. The van der Waals surface area contributed by atoms with Crippen LogP contribution in [0, 0.1) is 5.82 Å². The Balaban J connectivity index is 1.38. The second-order valence-corrected chi connectivity index (χ2v) is 11.4. The summed E-state index contributed by atoms with van der Waals surface area (Å²) in [6, 6.07) is 24.9. The van der Waals surface area contributed by atoms with Crippen LogP contribution in [-0.2, 0) is 13.1 Å². The normalized spacial score (nSPS) is 11.5. The molecule has 5 N–H and O–H groups in total. The number of halogens is 1. The van der Waals surface area contributed by atoms with E-state index in [1.165, 1.54) is 12.4 Å². The van der Waals surface area contributed by atoms with Crippen LogP contribution in [0.4, 0.5) is 10.1 Å². The highest BCUT2D eigenvalue weighted by Gasteiger charge is 2.29. The van der Waals surface area contributed by atoms with Crippen molar-refractivity contribution >= 4 is 28.4 Å². The standard InChI is InChI=1S/C37H35FN6O4/c1-43(18-15-39)17-8-16-40-32-29(38)20-27-33-35(32)48-31-19-26(36(46)41-21-24-9-4-2-5-10-24)13-14-30(31)44(33)23-28(34(27)45)37(47)42-22-25-11-6-3-7-12-25/h2-7,9-15,18-20,23,40H,8,16-17,21-22,39H2,1H3,(H,41,46)(H,42,47)/b18-15-. The lowest BCUT2D eigenvalue weighted by atomic mass is 10.0. The van der Waals surface area contributed by atoms with E-state index in [4.69, 9.17) is 10.5 Å². The number of amides is 2. The van der Waals surface area contributed by atoms with Gasteiger partial charge in [0, 0.05) is 57.4 Å². The average molecular weight is 647 g/mol. The Bertz CT molecular complexity index is 2060. The van der Waals surface area contributed by atoms with Crippen molar-refractivity contribution in [1.82, 2.24) is 20.1 Å². The van der Waals surface area contributed by atoms with Crippen LogP contribution in [0.2, 0.25) is 0 Å². The smallest absolute Gasteiger partial charge is 0.257 e. The summed E-state index contributed by atoms with van der Waals surface area (Å²) < 4.78 is 23.8. The zero-order chi connectivity index (χ0) is 33.6. The fourth-order valence-corrected chi connectivity index (χ4v) is 5.60. The largest absolute Gasteiger partial charge is 0.451 e. The van der Waals surface area contributed by atoms with Gasteiger partial charge in [0.15, 0.2) is 17.3 Å². The zero-order valence-electron chi connectivity index (χ0n) is 26.3. The van der Waals surface area contributed by atoms with E-state index in [-0.39, 0.29) is 40.6 Å². The molecular weight excluding hydrogens is 611 g/mol. The number of benzene rings is 4. The van der Waals surface area contributed by atoms with Crippen molar-refractivity contribution < 1.29 is 18.7 Å². The Kier molecular flexibility index (Phi) is 9.38. The summed E-state index contributed by atoms with van der Waals surface area (Å²) in [7, 11) is 1.88. The van der Waals surface area contributed by atoms with Gasteiger partial charge < -0.3 is 35.9 Å². The third kappa shape index (κ3) is 6.70. The van der Waals surface area contributed by atoms with Gasteiger partial charge in [-0.1, -0.05) is 60.7 Å². The van der Waals surface area contributed by atoms with Crippen molar-refractivity contribution in [2.24, 2.45) is 5.73 Å². The summed E-state index contributed by atoms with van der Waals surface area (Å²) in [5, 5.41) is 8.83. The number of ether oxygens (including phenoxy) is 1. The Morgan fingerprint density at radius 3 is 2.27 bits per heavy atom. The van der Waals surface area contributed by atoms with Crippen LogP contribution < -0.4 is 31.8 Å². The highest BCUT2D eigenvalue weighted by Crippen LogP contribution is 2.45. The number of carbonyl (C=O) groups is 2. The number of fused-ring (bicyclic) bond motifs is 2. The quantitative estimate of drug-likeness (QED) is 0.134. The molecule has 0 spiro atoms. The lowest BCUT2D eigenvalue weighted by Gasteiger charge is -2.26. The number of rotatable bonds is 12. The minimum Gasteiger partial charge on any atom is -0.451 e. The first kappa shape index (κ1) is 31.9. The zero-order valence-corrected chi connectivity index (χ0v) is 26.3. The molecule has 1 aromatic heterocycles. The molecule has 0 saturated carbocycles. The number of hydrogen-bond donors (Lipinski definition) is 4. The minimum atomic E-state index is -0.710. The van der Waals surface area contributed by atoms with E-state index >= 15 is 4.39 Å². The van der Waals surface area contributed by atoms with E-state index in [1.807, 2.05) is 72.6 Å². The molecule has 0 aliphatic carbocycles. The average Bonchev–Trinajstić information content (AvgIpc) is 3.10. The van der Waals surface area contributed by atoms with E-state index in [9.17, 15) is 14.4 Å². The first-order valence-corrected chi connectivity index (χ1v) is 15.5.